The minimum atomic E-state index is -1.11. The number of aromatic amines is 1. The summed E-state index contributed by atoms with van der Waals surface area (Å²) < 4.78 is 0. The van der Waals surface area contributed by atoms with Crippen LogP contribution in [0.1, 0.15) is 21.7 Å². The van der Waals surface area contributed by atoms with E-state index in [0.29, 0.717) is 27.7 Å². The van der Waals surface area contributed by atoms with Crippen LogP contribution in [0.3, 0.4) is 0 Å². The van der Waals surface area contributed by atoms with E-state index in [4.69, 9.17) is 16.7 Å². The lowest BCUT2D eigenvalue weighted by Gasteiger charge is -2.21. The molecule has 0 aliphatic rings. The highest BCUT2D eigenvalue weighted by atomic mass is 35.5. The van der Waals surface area contributed by atoms with Crippen LogP contribution in [0.5, 0.6) is 0 Å². The number of aromatic nitrogens is 2. The fourth-order valence-electron chi connectivity index (χ4n) is 2.06. The van der Waals surface area contributed by atoms with Crippen molar-refractivity contribution in [2.45, 2.75) is 13.8 Å². The Kier molecular flexibility index (Phi) is 4.28. The largest absolute Gasteiger partial charge is 0.480 e. The van der Waals surface area contributed by atoms with Crippen LogP contribution in [0.25, 0.3) is 0 Å². The summed E-state index contributed by atoms with van der Waals surface area (Å²) in [4.78, 5) is 24.9. The van der Waals surface area contributed by atoms with Gasteiger partial charge < -0.3 is 5.11 Å². The van der Waals surface area contributed by atoms with Gasteiger partial charge in [0, 0.05) is 16.4 Å². The third kappa shape index (κ3) is 3.22. The van der Waals surface area contributed by atoms with Crippen molar-refractivity contribution in [3.8, 4) is 0 Å². The Morgan fingerprint density at radius 3 is 2.62 bits per heavy atom. The molecule has 0 aliphatic carbocycles. The molecule has 0 unspecified atom stereocenters. The SMILES string of the molecule is Cc1n[nH]c(C)c1C(=O)N(CC(=O)O)c1cccc(Cl)c1. The maximum Gasteiger partial charge on any atom is 0.323 e. The van der Waals surface area contributed by atoms with Crippen LogP contribution in [0.2, 0.25) is 5.02 Å². The molecular weight excluding hydrogens is 294 g/mol. The first-order valence-corrected chi connectivity index (χ1v) is 6.58. The number of hydrogen-bond donors (Lipinski definition) is 2. The van der Waals surface area contributed by atoms with Gasteiger partial charge in [-0.25, -0.2) is 0 Å². The van der Waals surface area contributed by atoms with Crippen molar-refractivity contribution in [3.63, 3.8) is 0 Å². The van der Waals surface area contributed by atoms with Gasteiger partial charge in [0.15, 0.2) is 0 Å². The molecule has 0 bridgehead atoms. The van der Waals surface area contributed by atoms with E-state index < -0.39 is 18.4 Å². The predicted molar refractivity (Wildman–Crippen MR) is 78.8 cm³/mol. The molecule has 2 N–H and O–H groups in total. The van der Waals surface area contributed by atoms with Crippen molar-refractivity contribution in [2.24, 2.45) is 0 Å². The minimum absolute atomic E-state index is 0.372. The Bertz CT molecular complexity index is 677. The molecule has 1 aromatic heterocycles. The number of nitrogens with one attached hydrogen (secondary N) is 1. The zero-order valence-corrected chi connectivity index (χ0v) is 12.3. The van der Waals surface area contributed by atoms with Gasteiger partial charge in [0.1, 0.15) is 6.54 Å². The number of aliphatic carboxylic acids is 1. The van der Waals surface area contributed by atoms with E-state index in [2.05, 4.69) is 10.2 Å². The molecule has 0 saturated carbocycles. The van der Waals surface area contributed by atoms with E-state index in [9.17, 15) is 9.59 Å². The maximum atomic E-state index is 12.7. The summed E-state index contributed by atoms with van der Waals surface area (Å²) in [5, 5.41) is 16.2. The van der Waals surface area contributed by atoms with Crippen LogP contribution in [-0.2, 0) is 4.79 Å². The standard InChI is InChI=1S/C14H14ClN3O3/c1-8-13(9(2)17-16-8)14(21)18(7-12(19)20)11-5-3-4-10(15)6-11/h3-6H,7H2,1-2H3,(H,16,17)(H,19,20). The van der Waals surface area contributed by atoms with Crippen LogP contribution < -0.4 is 4.90 Å². The van der Waals surface area contributed by atoms with Crippen LogP contribution in [-0.4, -0.2) is 33.7 Å². The lowest BCUT2D eigenvalue weighted by atomic mass is 10.1. The molecule has 1 amide bonds. The van der Waals surface area contributed by atoms with Gasteiger partial charge in [-0.2, -0.15) is 5.10 Å². The van der Waals surface area contributed by atoms with E-state index in [1.807, 2.05) is 0 Å². The van der Waals surface area contributed by atoms with E-state index in [-0.39, 0.29) is 0 Å². The van der Waals surface area contributed by atoms with E-state index in [1.54, 1.807) is 38.1 Å². The van der Waals surface area contributed by atoms with Crippen molar-refractivity contribution in [1.29, 1.82) is 0 Å². The molecule has 1 heterocycles. The summed E-state index contributed by atoms with van der Waals surface area (Å²) in [7, 11) is 0. The van der Waals surface area contributed by atoms with Crippen LogP contribution in [0, 0.1) is 13.8 Å². The van der Waals surface area contributed by atoms with Gasteiger partial charge in [-0.15, -0.1) is 0 Å². The number of carbonyl (C=O) groups is 2. The Morgan fingerprint density at radius 2 is 2.10 bits per heavy atom. The number of carboxylic acids is 1. The van der Waals surface area contributed by atoms with Gasteiger partial charge in [0.2, 0.25) is 0 Å². The molecule has 2 rings (SSSR count). The second-order valence-corrected chi connectivity index (χ2v) is 5.01. The molecule has 0 spiro atoms. The Hall–Kier alpha value is -2.34. The monoisotopic (exact) mass is 307 g/mol. The van der Waals surface area contributed by atoms with Crippen molar-refractivity contribution < 1.29 is 14.7 Å². The smallest absolute Gasteiger partial charge is 0.323 e. The molecule has 21 heavy (non-hydrogen) atoms. The first-order chi connectivity index (χ1) is 9.90. The van der Waals surface area contributed by atoms with Crippen LogP contribution >= 0.6 is 11.6 Å². The molecule has 0 saturated heterocycles. The summed E-state index contributed by atoms with van der Waals surface area (Å²) in [5.41, 5.74) is 1.91. The van der Waals surface area contributed by atoms with E-state index in [1.165, 1.54) is 4.90 Å². The summed E-state index contributed by atoms with van der Waals surface area (Å²) in [6.07, 6.45) is 0. The third-order valence-corrected chi connectivity index (χ3v) is 3.24. The summed E-state index contributed by atoms with van der Waals surface area (Å²) >= 11 is 5.91. The molecule has 2 aromatic rings. The summed E-state index contributed by atoms with van der Waals surface area (Å²) in [5.74, 6) is -1.54. The lowest BCUT2D eigenvalue weighted by molar-refractivity contribution is -0.135. The fourth-order valence-corrected chi connectivity index (χ4v) is 2.25. The lowest BCUT2D eigenvalue weighted by Crippen LogP contribution is -2.36. The molecule has 6 nitrogen and oxygen atoms in total. The van der Waals surface area contributed by atoms with Crippen molar-refractivity contribution in [1.82, 2.24) is 10.2 Å². The highest BCUT2D eigenvalue weighted by Crippen LogP contribution is 2.23. The molecule has 7 heteroatoms. The average molecular weight is 308 g/mol. The third-order valence-electron chi connectivity index (χ3n) is 3.00. The number of hydrogen-bond acceptors (Lipinski definition) is 3. The fraction of sp³-hybridized carbons (Fsp3) is 0.214. The van der Waals surface area contributed by atoms with Crippen molar-refractivity contribution in [3.05, 3.63) is 46.2 Å². The zero-order valence-electron chi connectivity index (χ0n) is 11.6. The zero-order chi connectivity index (χ0) is 15.6. The number of rotatable bonds is 4. The minimum Gasteiger partial charge on any atom is -0.480 e. The van der Waals surface area contributed by atoms with E-state index in [0.717, 1.165) is 0 Å². The second kappa shape index (κ2) is 5.97. The van der Waals surface area contributed by atoms with Gasteiger partial charge >= 0.3 is 5.97 Å². The molecule has 1 aromatic carbocycles. The van der Waals surface area contributed by atoms with E-state index >= 15 is 0 Å². The number of aryl methyl sites for hydroxylation is 2. The quantitative estimate of drug-likeness (QED) is 0.908. The topological polar surface area (TPSA) is 86.3 Å². The number of amides is 1. The van der Waals surface area contributed by atoms with Gasteiger partial charge in [-0.3, -0.25) is 19.6 Å². The van der Waals surface area contributed by atoms with Gasteiger partial charge in [0.05, 0.1) is 11.3 Å². The normalized spacial score (nSPS) is 10.4. The van der Waals surface area contributed by atoms with Crippen molar-refractivity contribution >= 4 is 29.2 Å². The number of nitrogens with zero attached hydrogens (tertiary/aromatic N) is 2. The maximum absolute atomic E-state index is 12.7. The van der Waals surface area contributed by atoms with Crippen LogP contribution in [0.4, 0.5) is 5.69 Å². The first-order valence-electron chi connectivity index (χ1n) is 6.21. The molecule has 0 fully saturated rings. The molecule has 0 atom stereocenters. The predicted octanol–water partition coefficient (Wildman–Crippen LogP) is 2.41. The number of H-pyrrole nitrogens is 1. The molecule has 0 radical (unpaired) electrons. The number of halogens is 1. The van der Waals surface area contributed by atoms with Crippen LogP contribution in [0.15, 0.2) is 24.3 Å². The van der Waals surface area contributed by atoms with Gasteiger partial charge in [-0.05, 0) is 32.0 Å². The average Bonchev–Trinajstić information content (AvgIpc) is 2.74. The Morgan fingerprint density at radius 1 is 1.38 bits per heavy atom. The van der Waals surface area contributed by atoms with Gasteiger partial charge in [0.25, 0.3) is 5.91 Å². The Labute approximate surface area is 126 Å². The van der Waals surface area contributed by atoms with Crippen molar-refractivity contribution in [2.75, 3.05) is 11.4 Å². The summed E-state index contributed by atoms with van der Waals surface area (Å²) in [6.45, 7) is 2.95. The number of benzene rings is 1. The van der Waals surface area contributed by atoms with Gasteiger partial charge in [-0.1, -0.05) is 17.7 Å². The first kappa shape index (κ1) is 15.1. The highest BCUT2D eigenvalue weighted by Gasteiger charge is 2.25. The molecular formula is C14H14ClN3O3. The number of carboxylic acid groups (broad SMARTS) is 1. The number of anilines is 1. The molecule has 0 aliphatic heterocycles. The second-order valence-electron chi connectivity index (χ2n) is 4.57. The molecule has 110 valence electrons. The number of carbonyl (C=O) groups excluding carboxylic acids is 1. The summed E-state index contributed by atoms with van der Waals surface area (Å²) in [6, 6.07) is 6.50. The Balaban J connectivity index is 2.46. The highest BCUT2D eigenvalue weighted by molar-refractivity contribution is 6.31.